The minimum Gasteiger partial charge on any atom is -0.489 e. The number of aliphatic hydroxyl groups is 1. The monoisotopic (exact) mass is 251 g/mol. The van der Waals surface area contributed by atoms with Gasteiger partial charge in [0.25, 0.3) is 0 Å². The third kappa shape index (κ3) is 2.68. The highest BCUT2D eigenvalue weighted by Crippen LogP contribution is 2.20. The number of benzene rings is 1. The Kier molecular flexibility index (Phi) is 3.62. The van der Waals surface area contributed by atoms with Gasteiger partial charge in [0.1, 0.15) is 23.9 Å². The molecular weight excluding hydrogens is 237 g/mol. The second-order valence-electron chi connectivity index (χ2n) is 4.04. The smallest absolute Gasteiger partial charge is 0.140 e. The molecule has 0 saturated heterocycles. The number of aromatic nitrogens is 1. The summed E-state index contributed by atoms with van der Waals surface area (Å²) in [6, 6.07) is 4.14. The molecule has 0 atom stereocenters. The van der Waals surface area contributed by atoms with Gasteiger partial charge in [-0.25, -0.2) is 4.39 Å². The molecule has 96 valence electrons. The van der Waals surface area contributed by atoms with Crippen LogP contribution in [0.3, 0.4) is 0 Å². The van der Waals surface area contributed by atoms with Crippen molar-refractivity contribution in [2.75, 3.05) is 0 Å². The molecule has 0 unspecified atom stereocenters. The van der Waals surface area contributed by atoms with Crippen LogP contribution in [0.15, 0.2) is 22.7 Å². The highest BCUT2D eigenvalue weighted by atomic mass is 19.1. The van der Waals surface area contributed by atoms with Gasteiger partial charge < -0.3 is 14.4 Å². The molecule has 1 aromatic carbocycles. The van der Waals surface area contributed by atoms with Gasteiger partial charge >= 0.3 is 0 Å². The van der Waals surface area contributed by atoms with Gasteiger partial charge in [0.05, 0.1) is 17.9 Å². The normalized spacial score (nSPS) is 10.7. The summed E-state index contributed by atoms with van der Waals surface area (Å²) in [5.41, 5.74) is 2.08. The molecule has 2 rings (SSSR count). The number of nitrogens with zero attached hydrogens (tertiary/aromatic N) is 1. The van der Waals surface area contributed by atoms with E-state index >= 15 is 0 Å². The Balaban J connectivity index is 2.13. The van der Waals surface area contributed by atoms with Crippen molar-refractivity contribution in [1.29, 1.82) is 0 Å². The average Bonchev–Trinajstić information content (AvgIpc) is 2.66. The van der Waals surface area contributed by atoms with Crippen LogP contribution in [0.2, 0.25) is 0 Å². The number of halogens is 1. The van der Waals surface area contributed by atoms with E-state index in [9.17, 15) is 4.39 Å². The number of rotatable bonds is 4. The van der Waals surface area contributed by atoms with E-state index in [0.717, 1.165) is 11.3 Å². The Morgan fingerprint density at radius 3 is 2.72 bits per heavy atom. The van der Waals surface area contributed by atoms with Gasteiger partial charge in [-0.2, -0.15) is 0 Å². The van der Waals surface area contributed by atoms with Crippen LogP contribution >= 0.6 is 0 Å². The molecule has 1 aromatic heterocycles. The minimum atomic E-state index is -0.435. The molecule has 2 aromatic rings. The first-order valence-electron chi connectivity index (χ1n) is 5.55. The van der Waals surface area contributed by atoms with E-state index in [1.165, 1.54) is 12.1 Å². The average molecular weight is 251 g/mol. The molecule has 0 amide bonds. The Hall–Kier alpha value is -1.88. The standard InChI is InChI=1S/C13H14FNO3/c1-8-13(9(2)18-15-8)7-17-12-4-10(6-16)3-11(14)5-12/h3-5,16H,6-7H2,1-2H3. The van der Waals surface area contributed by atoms with E-state index in [-0.39, 0.29) is 13.2 Å². The van der Waals surface area contributed by atoms with Gasteiger partial charge in [-0.3, -0.25) is 0 Å². The van der Waals surface area contributed by atoms with Crippen LogP contribution in [0.4, 0.5) is 4.39 Å². The van der Waals surface area contributed by atoms with Crippen LogP contribution in [-0.4, -0.2) is 10.3 Å². The van der Waals surface area contributed by atoms with Gasteiger partial charge in [-0.15, -0.1) is 0 Å². The second-order valence-corrected chi connectivity index (χ2v) is 4.04. The molecule has 1 heterocycles. The van der Waals surface area contributed by atoms with E-state index in [1.807, 2.05) is 6.92 Å². The Morgan fingerprint density at radius 1 is 1.33 bits per heavy atom. The molecule has 4 nitrogen and oxygen atoms in total. The zero-order chi connectivity index (χ0) is 13.1. The van der Waals surface area contributed by atoms with Crippen molar-refractivity contribution in [3.05, 3.63) is 46.6 Å². The Morgan fingerprint density at radius 2 is 2.11 bits per heavy atom. The van der Waals surface area contributed by atoms with Crippen molar-refractivity contribution >= 4 is 0 Å². The van der Waals surface area contributed by atoms with Gasteiger partial charge in [-0.1, -0.05) is 5.16 Å². The van der Waals surface area contributed by atoms with Crippen LogP contribution in [0, 0.1) is 19.7 Å². The largest absolute Gasteiger partial charge is 0.489 e. The zero-order valence-corrected chi connectivity index (χ0v) is 10.2. The lowest BCUT2D eigenvalue weighted by Gasteiger charge is -2.07. The molecule has 0 bridgehead atoms. The minimum absolute atomic E-state index is 0.223. The lowest BCUT2D eigenvalue weighted by Crippen LogP contribution is -1.99. The number of ether oxygens (including phenoxy) is 1. The van der Waals surface area contributed by atoms with Crippen molar-refractivity contribution in [3.8, 4) is 5.75 Å². The predicted octanol–water partition coefficient (Wildman–Crippen LogP) is 2.50. The molecular formula is C13H14FNO3. The summed E-state index contributed by atoms with van der Waals surface area (Å²) in [4.78, 5) is 0. The molecule has 0 spiro atoms. The first-order valence-corrected chi connectivity index (χ1v) is 5.55. The molecule has 0 radical (unpaired) electrons. The van der Waals surface area contributed by atoms with Crippen molar-refractivity contribution in [1.82, 2.24) is 5.16 Å². The number of aliphatic hydroxyl groups excluding tert-OH is 1. The first kappa shape index (κ1) is 12.6. The van der Waals surface area contributed by atoms with Crippen molar-refractivity contribution in [2.24, 2.45) is 0 Å². The molecule has 0 fully saturated rings. The quantitative estimate of drug-likeness (QED) is 0.907. The maximum absolute atomic E-state index is 13.2. The molecule has 0 saturated carbocycles. The van der Waals surface area contributed by atoms with Crippen LogP contribution in [0.5, 0.6) is 5.75 Å². The highest BCUT2D eigenvalue weighted by Gasteiger charge is 2.10. The van der Waals surface area contributed by atoms with E-state index in [0.29, 0.717) is 17.1 Å². The Bertz CT molecular complexity index is 532. The molecule has 5 heteroatoms. The maximum Gasteiger partial charge on any atom is 0.140 e. The summed E-state index contributed by atoms with van der Waals surface area (Å²) < 4.78 is 23.7. The van der Waals surface area contributed by atoms with Gasteiger partial charge in [-0.05, 0) is 31.5 Å². The third-order valence-corrected chi connectivity index (χ3v) is 2.68. The van der Waals surface area contributed by atoms with Crippen molar-refractivity contribution in [2.45, 2.75) is 27.1 Å². The van der Waals surface area contributed by atoms with Crippen LogP contribution in [-0.2, 0) is 13.2 Å². The van der Waals surface area contributed by atoms with Crippen LogP contribution in [0.25, 0.3) is 0 Å². The fourth-order valence-corrected chi connectivity index (χ4v) is 1.66. The van der Waals surface area contributed by atoms with E-state index in [1.54, 1.807) is 13.0 Å². The molecule has 18 heavy (non-hydrogen) atoms. The molecule has 1 N–H and O–H groups in total. The summed E-state index contributed by atoms with van der Waals surface area (Å²) in [6.07, 6.45) is 0. The SMILES string of the molecule is Cc1noc(C)c1COc1cc(F)cc(CO)c1. The molecule has 0 aliphatic carbocycles. The molecule has 0 aliphatic rings. The van der Waals surface area contributed by atoms with Gasteiger partial charge in [0, 0.05) is 6.07 Å². The highest BCUT2D eigenvalue weighted by molar-refractivity contribution is 5.30. The fourth-order valence-electron chi connectivity index (χ4n) is 1.66. The van der Waals surface area contributed by atoms with Gasteiger partial charge in [0.15, 0.2) is 0 Å². The summed E-state index contributed by atoms with van der Waals surface area (Å²) in [6.45, 7) is 3.65. The topological polar surface area (TPSA) is 55.5 Å². The third-order valence-electron chi connectivity index (χ3n) is 2.68. The van der Waals surface area contributed by atoms with Crippen molar-refractivity contribution < 1.29 is 18.8 Å². The van der Waals surface area contributed by atoms with Crippen LogP contribution in [0.1, 0.15) is 22.6 Å². The summed E-state index contributed by atoms with van der Waals surface area (Å²) in [5, 5.41) is 12.8. The second kappa shape index (κ2) is 5.18. The number of hydrogen-bond donors (Lipinski definition) is 1. The number of hydrogen-bond acceptors (Lipinski definition) is 4. The maximum atomic E-state index is 13.2. The lowest BCUT2D eigenvalue weighted by molar-refractivity contribution is 0.276. The fraction of sp³-hybridized carbons (Fsp3) is 0.308. The molecule has 0 aliphatic heterocycles. The van der Waals surface area contributed by atoms with E-state index < -0.39 is 5.82 Å². The van der Waals surface area contributed by atoms with Crippen molar-refractivity contribution in [3.63, 3.8) is 0 Å². The van der Waals surface area contributed by atoms with E-state index in [4.69, 9.17) is 14.4 Å². The zero-order valence-electron chi connectivity index (χ0n) is 10.2. The first-order chi connectivity index (χ1) is 8.60. The predicted molar refractivity (Wildman–Crippen MR) is 62.6 cm³/mol. The lowest BCUT2D eigenvalue weighted by atomic mass is 10.2. The summed E-state index contributed by atoms with van der Waals surface area (Å²) in [7, 11) is 0. The van der Waals surface area contributed by atoms with E-state index in [2.05, 4.69) is 5.16 Å². The number of aryl methyl sites for hydroxylation is 2. The van der Waals surface area contributed by atoms with Crippen LogP contribution < -0.4 is 4.74 Å². The summed E-state index contributed by atoms with van der Waals surface area (Å²) in [5.74, 6) is 0.626. The Labute approximate surface area is 104 Å². The van der Waals surface area contributed by atoms with Gasteiger partial charge in [0.2, 0.25) is 0 Å². The summed E-state index contributed by atoms with van der Waals surface area (Å²) >= 11 is 0.